The Bertz CT molecular complexity index is 293. The van der Waals surface area contributed by atoms with Crippen molar-refractivity contribution in [2.75, 3.05) is 13.1 Å². The fraction of sp³-hybridized carbons (Fsp3) is 0.800. The first-order chi connectivity index (χ1) is 8.36. The van der Waals surface area contributed by atoms with Crippen LogP contribution in [0.5, 0.6) is 0 Å². The maximum absolute atomic E-state index is 11.0. The third-order valence-electron chi connectivity index (χ3n) is 4.01. The van der Waals surface area contributed by atoms with Gasteiger partial charge in [0.1, 0.15) is 0 Å². The van der Waals surface area contributed by atoms with Crippen LogP contribution in [0.15, 0.2) is 12.7 Å². The van der Waals surface area contributed by atoms with Crippen LogP contribution in [0.1, 0.15) is 46.5 Å². The van der Waals surface area contributed by atoms with Crippen LogP contribution in [0.4, 0.5) is 0 Å². The normalized spacial score (nSPS) is 25.1. The Labute approximate surface area is 111 Å². The van der Waals surface area contributed by atoms with Crippen molar-refractivity contribution in [1.29, 1.82) is 0 Å². The molecule has 0 aromatic carbocycles. The molecule has 0 bridgehead atoms. The van der Waals surface area contributed by atoms with Crippen LogP contribution in [0, 0.1) is 11.3 Å². The van der Waals surface area contributed by atoms with Gasteiger partial charge in [0, 0.05) is 12.6 Å². The molecule has 1 rings (SSSR count). The molecule has 0 amide bonds. The molecule has 2 unspecified atom stereocenters. The van der Waals surface area contributed by atoms with Gasteiger partial charge in [0.25, 0.3) is 0 Å². The molecular formula is C15H27NO2. The maximum Gasteiger partial charge on any atom is 0.317 e. The summed E-state index contributed by atoms with van der Waals surface area (Å²) in [5, 5.41) is 9.05. The van der Waals surface area contributed by atoms with Crippen molar-refractivity contribution < 1.29 is 9.90 Å². The molecule has 2 atom stereocenters. The maximum atomic E-state index is 11.0. The lowest BCUT2D eigenvalue weighted by atomic mass is 9.69. The molecule has 1 fully saturated rings. The monoisotopic (exact) mass is 253 g/mol. The standard InChI is InChI=1S/C15H27NO2/c1-5-10-16(11-14(17)18)13-9-7-6-8-12(13)15(2,3)4/h5,12-13H,1,6-11H2,2-4H3,(H,17,18). The molecule has 0 spiro atoms. The zero-order chi connectivity index (χ0) is 13.8. The van der Waals surface area contributed by atoms with Crippen LogP contribution in [-0.2, 0) is 4.79 Å². The second-order valence-corrected chi connectivity index (χ2v) is 6.44. The van der Waals surface area contributed by atoms with Gasteiger partial charge in [0.05, 0.1) is 6.54 Å². The quantitative estimate of drug-likeness (QED) is 0.765. The summed E-state index contributed by atoms with van der Waals surface area (Å²) in [5.74, 6) is -0.166. The van der Waals surface area contributed by atoms with Crippen LogP contribution in [0.3, 0.4) is 0 Å². The molecule has 0 aliphatic heterocycles. The van der Waals surface area contributed by atoms with Gasteiger partial charge in [-0.1, -0.05) is 39.7 Å². The van der Waals surface area contributed by atoms with Gasteiger partial charge in [-0.25, -0.2) is 0 Å². The van der Waals surface area contributed by atoms with E-state index in [0.29, 0.717) is 18.5 Å². The van der Waals surface area contributed by atoms with E-state index in [2.05, 4.69) is 32.3 Å². The van der Waals surface area contributed by atoms with Crippen LogP contribution in [0.25, 0.3) is 0 Å². The average molecular weight is 253 g/mol. The summed E-state index contributed by atoms with van der Waals surface area (Å²) in [6.07, 6.45) is 6.62. The predicted octanol–water partition coefficient (Wildman–Crippen LogP) is 3.16. The average Bonchev–Trinajstić information content (AvgIpc) is 2.27. The summed E-state index contributed by atoms with van der Waals surface area (Å²) >= 11 is 0. The molecule has 0 aromatic heterocycles. The Kier molecular flexibility index (Phi) is 5.39. The Morgan fingerprint density at radius 1 is 1.39 bits per heavy atom. The third kappa shape index (κ3) is 4.13. The number of rotatable bonds is 5. The summed E-state index contributed by atoms with van der Waals surface area (Å²) in [7, 11) is 0. The molecule has 1 aliphatic carbocycles. The third-order valence-corrected chi connectivity index (χ3v) is 4.01. The van der Waals surface area contributed by atoms with Crippen molar-refractivity contribution in [3.8, 4) is 0 Å². The zero-order valence-electron chi connectivity index (χ0n) is 12.0. The van der Waals surface area contributed by atoms with E-state index in [1.165, 1.54) is 19.3 Å². The van der Waals surface area contributed by atoms with Crippen molar-refractivity contribution in [3.63, 3.8) is 0 Å². The minimum Gasteiger partial charge on any atom is -0.480 e. The van der Waals surface area contributed by atoms with Gasteiger partial charge in [-0.3, -0.25) is 9.69 Å². The first kappa shape index (κ1) is 15.2. The number of hydrogen-bond donors (Lipinski definition) is 1. The van der Waals surface area contributed by atoms with E-state index >= 15 is 0 Å². The number of hydrogen-bond acceptors (Lipinski definition) is 2. The van der Waals surface area contributed by atoms with Crippen molar-refractivity contribution in [2.45, 2.75) is 52.5 Å². The van der Waals surface area contributed by atoms with E-state index in [-0.39, 0.29) is 12.0 Å². The predicted molar refractivity (Wildman–Crippen MR) is 74.6 cm³/mol. The molecule has 18 heavy (non-hydrogen) atoms. The topological polar surface area (TPSA) is 40.5 Å². The van der Waals surface area contributed by atoms with Crippen LogP contribution in [-0.4, -0.2) is 35.1 Å². The lowest BCUT2D eigenvalue weighted by molar-refractivity contribution is -0.139. The van der Waals surface area contributed by atoms with Crippen LogP contribution < -0.4 is 0 Å². The molecule has 3 nitrogen and oxygen atoms in total. The van der Waals surface area contributed by atoms with E-state index in [4.69, 9.17) is 5.11 Å². The van der Waals surface area contributed by atoms with Gasteiger partial charge in [-0.05, 0) is 24.2 Å². The van der Waals surface area contributed by atoms with Gasteiger partial charge in [0.2, 0.25) is 0 Å². The highest BCUT2D eigenvalue weighted by Crippen LogP contribution is 2.40. The largest absolute Gasteiger partial charge is 0.480 e. The molecule has 1 N–H and O–H groups in total. The van der Waals surface area contributed by atoms with E-state index in [1.54, 1.807) is 0 Å². The Balaban J connectivity index is 2.84. The summed E-state index contributed by atoms with van der Waals surface area (Å²) in [5.41, 5.74) is 0.239. The Morgan fingerprint density at radius 3 is 2.50 bits per heavy atom. The van der Waals surface area contributed by atoms with Crippen molar-refractivity contribution in [2.24, 2.45) is 11.3 Å². The lowest BCUT2D eigenvalue weighted by Crippen LogP contribution is -2.48. The Hall–Kier alpha value is -0.830. The molecule has 1 aliphatic rings. The first-order valence-electron chi connectivity index (χ1n) is 6.93. The van der Waals surface area contributed by atoms with Crippen molar-refractivity contribution >= 4 is 5.97 Å². The molecule has 3 heteroatoms. The summed E-state index contributed by atoms with van der Waals surface area (Å²) in [4.78, 5) is 13.1. The van der Waals surface area contributed by atoms with Gasteiger partial charge in [0.15, 0.2) is 0 Å². The highest BCUT2D eigenvalue weighted by molar-refractivity contribution is 5.69. The zero-order valence-corrected chi connectivity index (χ0v) is 12.0. The highest BCUT2D eigenvalue weighted by atomic mass is 16.4. The number of aliphatic carboxylic acids is 1. The van der Waals surface area contributed by atoms with Gasteiger partial charge in [-0.15, -0.1) is 6.58 Å². The Morgan fingerprint density at radius 2 is 2.00 bits per heavy atom. The van der Waals surface area contributed by atoms with Gasteiger partial charge < -0.3 is 5.11 Å². The molecule has 104 valence electrons. The number of carboxylic acids is 1. The van der Waals surface area contributed by atoms with E-state index in [1.807, 2.05) is 6.08 Å². The molecule has 0 saturated heterocycles. The van der Waals surface area contributed by atoms with Gasteiger partial charge in [-0.2, -0.15) is 0 Å². The molecule has 0 radical (unpaired) electrons. The lowest BCUT2D eigenvalue weighted by Gasteiger charge is -2.45. The minimum absolute atomic E-state index is 0.128. The number of nitrogens with zero attached hydrogens (tertiary/aromatic N) is 1. The molecule has 1 saturated carbocycles. The summed E-state index contributed by atoms with van der Waals surface area (Å²) in [6, 6.07) is 0.382. The minimum atomic E-state index is -0.741. The second kappa shape index (κ2) is 6.37. The molecule has 0 aromatic rings. The van der Waals surface area contributed by atoms with E-state index in [0.717, 1.165) is 6.42 Å². The van der Waals surface area contributed by atoms with Crippen molar-refractivity contribution in [1.82, 2.24) is 4.90 Å². The fourth-order valence-corrected chi connectivity index (χ4v) is 3.22. The second-order valence-electron chi connectivity index (χ2n) is 6.44. The number of carboxylic acid groups (broad SMARTS) is 1. The SMILES string of the molecule is C=CCN(CC(=O)O)C1CCCCC1C(C)(C)C. The smallest absolute Gasteiger partial charge is 0.317 e. The van der Waals surface area contributed by atoms with E-state index in [9.17, 15) is 4.79 Å². The highest BCUT2D eigenvalue weighted by Gasteiger charge is 2.37. The molecular weight excluding hydrogens is 226 g/mol. The van der Waals surface area contributed by atoms with Crippen LogP contribution >= 0.6 is 0 Å². The van der Waals surface area contributed by atoms with Crippen molar-refractivity contribution in [3.05, 3.63) is 12.7 Å². The molecule has 0 heterocycles. The summed E-state index contributed by atoms with van der Waals surface area (Å²) in [6.45, 7) is 11.4. The van der Waals surface area contributed by atoms with E-state index < -0.39 is 5.97 Å². The fourth-order valence-electron chi connectivity index (χ4n) is 3.22. The van der Waals surface area contributed by atoms with Crippen LogP contribution in [0.2, 0.25) is 0 Å². The summed E-state index contributed by atoms with van der Waals surface area (Å²) < 4.78 is 0. The first-order valence-corrected chi connectivity index (χ1v) is 6.93. The van der Waals surface area contributed by atoms with Gasteiger partial charge >= 0.3 is 5.97 Å². The number of carbonyl (C=O) groups is 1.